The van der Waals surface area contributed by atoms with Gasteiger partial charge in [-0.1, -0.05) is 0 Å². The Kier molecular flexibility index (Phi) is 5.07. The molecule has 132 valence electrons. The molecule has 2 heterocycles. The number of Topliss-reactive ketones (excluding diaryl/α,β-unsaturated/α-hetero) is 1. The Hall–Kier alpha value is -3.48. The first-order valence-corrected chi connectivity index (χ1v) is 8.05. The number of hydrogen-bond acceptors (Lipinski definition) is 6. The Morgan fingerprint density at radius 1 is 1.12 bits per heavy atom. The summed E-state index contributed by atoms with van der Waals surface area (Å²) in [6, 6.07) is 11.9. The van der Waals surface area contributed by atoms with E-state index < -0.39 is 0 Å². The number of aromatic nitrogens is 2. The van der Waals surface area contributed by atoms with E-state index >= 15 is 0 Å². The second-order valence-corrected chi connectivity index (χ2v) is 5.71. The summed E-state index contributed by atoms with van der Waals surface area (Å²) in [5.74, 6) is 1.39. The summed E-state index contributed by atoms with van der Waals surface area (Å²) < 4.78 is 5.26. The standard InChI is InChI=1S/C19H18N4O3/c1-12(24)14-5-7-15(8-6-14)23-19(25)17-10-18(22-13(2)21-17)20-11-16-4-3-9-26-16/h3-10H,11H2,1-2H3,(H,23,25)(H,20,21,22). The largest absolute Gasteiger partial charge is 0.467 e. The molecule has 0 atom stereocenters. The van der Waals surface area contributed by atoms with Gasteiger partial charge in [0.25, 0.3) is 5.91 Å². The lowest BCUT2D eigenvalue weighted by Crippen LogP contribution is -2.16. The Balaban J connectivity index is 1.71. The molecule has 0 fully saturated rings. The van der Waals surface area contributed by atoms with Crippen molar-refractivity contribution in [1.82, 2.24) is 9.97 Å². The van der Waals surface area contributed by atoms with Gasteiger partial charge in [-0.3, -0.25) is 9.59 Å². The zero-order valence-corrected chi connectivity index (χ0v) is 14.4. The minimum atomic E-state index is -0.355. The number of hydrogen-bond donors (Lipinski definition) is 2. The predicted molar refractivity (Wildman–Crippen MR) is 97.2 cm³/mol. The van der Waals surface area contributed by atoms with Crippen molar-refractivity contribution in [3.63, 3.8) is 0 Å². The van der Waals surface area contributed by atoms with Gasteiger partial charge in [0.05, 0.1) is 12.8 Å². The smallest absolute Gasteiger partial charge is 0.274 e. The van der Waals surface area contributed by atoms with Crippen LogP contribution in [-0.4, -0.2) is 21.7 Å². The summed E-state index contributed by atoms with van der Waals surface area (Å²) in [4.78, 5) is 32.2. The van der Waals surface area contributed by atoms with Gasteiger partial charge < -0.3 is 15.1 Å². The molecule has 0 saturated carbocycles. The third-order valence-electron chi connectivity index (χ3n) is 3.64. The number of anilines is 2. The molecule has 0 aliphatic heterocycles. The maximum Gasteiger partial charge on any atom is 0.274 e. The zero-order valence-electron chi connectivity index (χ0n) is 14.4. The van der Waals surface area contributed by atoms with Gasteiger partial charge in [0.1, 0.15) is 23.1 Å². The van der Waals surface area contributed by atoms with E-state index in [1.807, 2.05) is 6.07 Å². The van der Waals surface area contributed by atoms with E-state index in [0.29, 0.717) is 29.4 Å². The van der Waals surface area contributed by atoms with Gasteiger partial charge in [-0.05, 0) is 50.2 Å². The lowest BCUT2D eigenvalue weighted by Gasteiger charge is -2.09. The van der Waals surface area contributed by atoms with Crippen molar-refractivity contribution in [3.8, 4) is 0 Å². The number of carbonyl (C=O) groups excluding carboxylic acids is 2. The lowest BCUT2D eigenvalue weighted by atomic mass is 10.1. The zero-order chi connectivity index (χ0) is 18.5. The highest BCUT2D eigenvalue weighted by atomic mass is 16.3. The van der Waals surface area contributed by atoms with E-state index in [0.717, 1.165) is 5.76 Å². The van der Waals surface area contributed by atoms with Crippen LogP contribution >= 0.6 is 0 Å². The van der Waals surface area contributed by atoms with Crippen molar-refractivity contribution in [3.05, 3.63) is 71.6 Å². The van der Waals surface area contributed by atoms with Gasteiger partial charge in [-0.2, -0.15) is 0 Å². The van der Waals surface area contributed by atoms with Crippen LogP contribution in [0, 0.1) is 6.92 Å². The van der Waals surface area contributed by atoms with Crippen LogP contribution < -0.4 is 10.6 Å². The fourth-order valence-corrected chi connectivity index (χ4v) is 2.35. The molecule has 3 aromatic rings. The molecule has 0 aliphatic carbocycles. The molecule has 3 rings (SSSR count). The average molecular weight is 350 g/mol. The second-order valence-electron chi connectivity index (χ2n) is 5.71. The molecule has 1 aromatic carbocycles. The molecule has 7 heteroatoms. The highest BCUT2D eigenvalue weighted by molar-refractivity contribution is 6.03. The van der Waals surface area contributed by atoms with E-state index in [9.17, 15) is 9.59 Å². The fourth-order valence-electron chi connectivity index (χ4n) is 2.35. The van der Waals surface area contributed by atoms with E-state index in [-0.39, 0.29) is 17.4 Å². The number of nitrogens with zero attached hydrogens (tertiary/aromatic N) is 2. The molecule has 2 N–H and O–H groups in total. The molecule has 1 amide bonds. The lowest BCUT2D eigenvalue weighted by molar-refractivity contribution is 0.101. The Morgan fingerprint density at radius 3 is 2.54 bits per heavy atom. The average Bonchev–Trinajstić information content (AvgIpc) is 3.13. The normalized spacial score (nSPS) is 10.4. The van der Waals surface area contributed by atoms with E-state index in [2.05, 4.69) is 20.6 Å². The summed E-state index contributed by atoms with van der Waals surface area (Å²) >= 11 is 0. The van der Waals surface area contributed by atoms with Gasteiger partial charge in [-0.25, -0.2) is 9.97 Å². The Labute approximate surface area is 150 Å². The number of rotatable bonds is 6. The number of aryl methyl sites for hydroxylation is 1. The van der Waals surface area contributed by atoms with Crippen molar-refractivity contribution in [2.24, 2.45) is 0 Å². The van der Waals surface area contributed by atoms with Gasteiger partial charge >= 0.3 is 0 Å². The first kappa shape index (κ1) is 17.3. The summed E-state index contributed by atoms with van der Waals surface area (Å²) in [7, 11) is 0. The van der Waals surface area contributed by atoms with E-state index in [4.69, 9.17) is 4.42 Å². The van der Waals surface area contributed by atoms with Crippen LogP contribution in [0.1, 0.15) is 39.4 Å². The van der Waals surface area contributed by atoms with Crippen LogP contribution in [0.5, 0.6) is 0 Å². The highest BCUT2D eigenvalue weighted by Gasteiger charge is 2.11. The van der Waals surface area contributed by atoms with Crippen molar-refractivity contribution in [2.75, 3.05) is 10.6 Å². The topological polar surface area (TPSA) is 97.1 Å². The number of furan rings is 1. The molecule has 0 spiro atoms. The maximum atomic E-state index is 12.5. The molecule has 7 nitrogen and oxygen atoms in total. The molecule has 2 aromatic heterocycles. The van der Waals surface area contributed by atoms with Crippen LogP contribution in [0.25, 0.3) is 0 Å². The predicted octanol–water partition coefficient (Wildman–Crippen LogP) is 3.45. The summed E-state index contributed by atoms with van der Waals surface area (Å²) in [5.41, 5.74) is 1.42. The van der Waals surface area contributed by atoms with Crippen molar-refractivity contribution in [1.29, 1.82) is 0 Å². The van der Waals surface area contributed by atoms with Crippen LogP contribution in [0.2, 0.25) is 0 Å². The van der Waals surface area contributed by atoms with Gasteiger partial charge in [0.15, 0.2) is 5.78 Å². The number of ketones is 1. The number of nitrogens with one attached hydrogen (secondary N) is 2. The third-order valence-corrected chi connectivity index (χ3v) is 3.64. The first-order valence-electron chi connectivity index (χ1n) is 8.05. The van der Waals surface area contributed by atoms with Crippen molar-refractivity contribution in [2.45, 2.75) is 20.4 Å². The fraction of sp³-hybridized carbons (Fsp3) is 0.158. The molecule has 0 saturated heterocycles. The minimum Gasteiger partial charge on any atom is -0.467 e. The molecule has 26 heavy (non-hydrogen) atoms. The highest BCUT2D eigenvalue weighted by Crippen LogP contribution is 2.14. The molecular formula is C19H18N4O3. The summed E-state index contributed by atoms with van der Waals surface area (Å²) in [6.45, 7) is 3.67. The van der Waals surface area contributed by atoms with Gasteiger partial charge in [0, 0.05) is 17.3 Å². The van der Waals surface area contributed by atoms with E-state index in [1.54, 1.807) is 49.6 Å². The van der Waals surface area contributed by atoms with Crippen molar-refractivity contribution >= 4 is 23.2 Å². The third kappa shape index (κ3) is 4.32. The first-order chi connectivity index (χ1) is 12.5. The SMILES string of the molecule is CC(=O)c1ccc(NC(=O)c2cc(NCc3ccco3)nc(C)n2)cc1. The quantitative estimate of drug-likeness (QED) is 0.661. The van der Waals surface area contributed by atoms with Gasteiger partial charge in [-0.15, -0.1) is 0 Å². The van der Waals surface area contributed by atoms with Crippen LogP contribution in [0.4, 0.5) is 11.5 Å². The molecule has 0 aliphatic rings. The van der Waals surface area contributed by atoms with Crippen LogP contribution in [-0.2, 0) is 6.54 Å². The molecular weight excluding hydrogens is 332 g/mol. The molecule has 0 bridgehead atoms. The van der Waals surface area contributed by atoms with Crippen molar-refractivity contribution < 1.29 is 14.0 Å². The summed E-state index contributed by atoms with van der Waals surface area (Å²) in [5, 5.41) is 5.87. The number of benzene rings is 1. The van der Waals surface area contributed by atoms with E-state index in [1.165, 1.54) is 6.92 Å². The number of amides is 1. The summed E-state index contributed by atoms with van der Waals surface area (Å²) in [6.07, 6.45) is 1.60. The second kappa shape index (κ2) is 7.60. The monoisotopic (exact) mass is 350 g/mol. The van der Waals surface area contributed by atoms with Crippen LogP contribution in [0.3, 0.4) is 0 Å². The molecule has 0 unspecified atom stereocenters. The number of carbonyl (C=O) groups is 2. The van der Waals surface area contributed by atoms with Crippen LogP contribution in [0.15, 0.2) is 53.1 Å². The Morgan fingerprint density at radius 2 is 1.88 bits per heavy atom. The maximum absolute atomic E-state index is 12.5. The Bertz CT molecular complexity index is 918. The minimum absolute atomic E-state index is 0.0263. The van der Waals surface area contributed by atoms with Gasteiger partial charge in [0.2, 0.25) is 0 Å². The molecule has 0 radical (unpaired) electrons.